The summed E-state index contributed by atoms with van der Waals surface area (Å²) >= 11 is 0. The normalized spacial score (nSPS) is 17.4. The van der Waals surface area contributed by atoms with Crippen molar-refractivity contribution in [2.24, 2.45) is 0 Å². The van der Waals surface area contributed by atoms with Gasteiger partial charge in [-0.3, -0.25) is 14.4 Å². The molecule has 0 aromatic heterocycles. The van der Waals surface area contributed by atoms with Gasteiger partial charge in [-0.05, 0) is 0 Å². The summed E-state index contributed by atoms with van der Waals surface area (Å²) in [5.74, 6) is -2.05. The minimum Gasteiger partial charge on any atom is -0.463 e. The van der Waals surface area contributed by atoms with Crippen LogP contribution in [-0.4, -0.2) is 76.8 Å². The van der Waals surface area contributed by atoms with E-state index in [2.05, 4.69) is 0 Å². The summed E-state index contributed by atoms with van der Waals surface area (Å²) < 4.78 is 52.3. The molecular weight excluding hydrogens is 324 g/mol. The Bertz CT molecular complexity index is 464. The number of hydrogen-bond donors (Lipinski definition) is 0. The number of rotatable bonds is 11. The first-order chi connectivity index (χ1) is 12.8. The van der Waals surface area contributed by atoms with Gasteiger partial charge in [-0.1, -0.05) is 0 Å². The Morgan fingerprint density at radius 1 is 0.792 bits per heavy atom. The third-order valence-corrected chi connectivity index (χ3v) is 2.82. The van der Waals surface area contributed by atoms with E-state index in [1.165, 1.54) is 6.92 Å². The van der Waals surface area contributed by atoms with E-state index in [4.69, 9.17) is 32.5 Å². The summed E-state index contributed by atoms with van der Waals surface area (Å²) in [6.45, 7) is 2.79. The van der Waals surface area contributed by atoms with Gasteiger partial charge in [0.1, 0.15) is 18.8 Å². The summed E-state index contributed by atoms with van der Waals surface area (Å²) in [5, 5.41) is 0. The van der Waals surface area contributed by atoms with Gasteiger partial charge in [0.2, 0.25) is 0 Å². The molecule has 0 N–H and O–H groups in total. The molecule has 0 saturated carbocycles. The fraction of sp³-hybridized carbons (Fsp3) is 0.800. The van der Waals surface area contributed by atoms with E-state index < -0.39 is 63.6 Å². The number of carbonyl (C=O) groups is 3. The molecule has 0 unspecified atom stereocenters. The lowest BCUT2D eigenvalue weighted by molar-refractivity contribution is -0.196. The van der Waals surface area contributed by atoms with Crippen molar-refractivity contribution >= 4 is 17.9 Å². The molecule has 4 atom stereocenters. The monoisotopic (exact) mass is 353 g/mol. The molecule has 24 heavy (non-hydrogen) atoms. The highest BCUT2D eigenvalue weighted by Gasteiger charge is 2.40. The molecule has 0 rings (SSSR count). The Kier molecular flexibility index (Phi) is 8.40. The molecule has 9 heteroatoms. The van der Waals surface area contributed by atoms with Crippen LogP contribution in [0, 0.1) is 0 Å². The van der Waals surface area contributed by atoms with Gasteiger partial charge in [0.25, 0.3) is 0 Å². The van der Waals surface area contributed by atoms with Gasteiger partial charge >= 0.3 is 17.9 Å². The molecule has 0 aromatic carbocycles. The van der Waals surface area contributed by atoms with E-state index in [0.717, 1.165) is 13.8 Å². The van der Waals surface area contributed by atoms with Crippen LogP contribution in [-0.2, 0) is 42.8 Å². The van der Waals surface area contributed by atoms with Crippen LogP contribution in [0.1, 0.15) is 24.9 Å². The minimum absolute atomic E-state index is 0.292. The Balaban J connectivity index is 5.75. The van der Waals surface area contributed by atoms with Gasteiger partial charge in [0.05, 0.1) is 10.7 Å². The lowest BCUT2D eigenvalue weighted by atomic mass is 10.0. The molecule has 0 aliphatic heterocycles. The second kappa shape index (κ2) is 11.8. The van der Waals surface area contributed by atoms with Crippen molar-refractivity contribution in [2.45, 2.75) is 45.2 Å². The first-order valence-corrected chi connectivity index (χ1v) is 6.93. The highest BCUT2D eigenvalue weighted by atomic mass is 16.6. The lowest BCUT2D eigenvalue weighted by Crippen LogP contribution is -2.52. The average molecular weight is 353 g/mol. The molecule has 0 radical (unpaired) electrons. The Hall–Kier alpha value is -1.71. The number of hydrogen-bond acceptors (Lipinski definition) is 9. The van der Waals surface area contributed by atoms with Crippen molar-refractivity contribution in [3.8, 4) is 0 Å². The molecule has 0 bridgehead atoms. The van der Waals surface area contributed by atoms with Crippen LogP contribution in [0.5, 0.6) is 0 Å². The van der Waals surface area contributed by atoms with Crippen molar-refractivity contribution in [3.63, 3.8) is 0 Å². The van der Waals surface area contributed by atoms with Crippen LogP contribution in [0.25, 0.3) is 0 Å². The van der Waals surface area contributed by atoms with Crippen molar-refractivity contribution in [1.29, 1.82) is 0 Å². The molecule has 0 spiro atoms. The van der Waals surface area contributed by atoms with Gasteiger partial charge < -0.3 is 28.4 Å². The summed E-state index contributed by atoms with van der Waals surface area (Å²) in [7, 11) is -1.54. The SMILES string of the molecule is [2H]COC[C@@H](OC(C)=O)[C@@H](OC(C)=O)[C@H](OC[2H])[C@H](COC(C)=O)OC[2H]. The molecule has 9 nitrogen and oxygen atoms in total. The van der Waals surface area contributed by atoms with Gasteiger partial charge in [0, 0.05) is 42.0 Å². The van der Waals surface area contributed by atoms with E-state index in [0.29, 0.717) is 0 Å². The maximum Gasteiger partial charge on any atom is 0.303 e. The third-order valence-electron chi connectivity index (χ3n) is 2.82. The maximum atomic E-state index is 11.6. The van der Waals surface area contributed by atoms with Crippen molar-refractivity contribution in [2.75, 3.05) is 34.5 Å². The molecule has 140 valence electrons. The number of ether oxygens (including phenoxy) is 6. The fourth-order valence-electron chi connectivity index (χ4n) is 1.92. The van der Waals surface area contributed by atoms with Gasteiger partial charge in [0.15, 0.2) is 12.2 Å². The second-order valence-corrected chi connectivity index (χ2v) is 4.73. The number of methoxy groups -OCH3 is 3. The summed E-state index contributed by atoms with van der Waals surface area (Å²) in [4.78, 5) is 34.1. The van der Waals surface area contributed by atoms with Gasteiger partial charge in [-0.25, -0.2) is 0 Å². The largest absolute Gasteiger partial charge is 0.463 e. The lowest BCUT2D eigenvalue weighted by Gasteiger charge is -2.34. The number of carbonyl (C=O) groups excluding carboxylic acids is 3. The van der Waals surface area contributed by atoms with Crippen LogP contribution >= 0.6 is 0 Å². The average Bonchev–Trinajstić information content (AvgIpc) is 2.58. The first kappa shape index (κ1) is 17.1. The first-order valence-electron chi connectivity index (χ1n) is 9.05. The van der Waals surface area contributed by atoms with Crippen LogP contribution in [0.15, 0.2) is 0 Å². The standard InChI is InChI=1S/C15H26O9/c1-9(16)22-8-12(20-5)14(21-6)15(24-11(3)18)13(7-19-4)23-10(2)17/h12-15H,7-8H2,1-6H3/t12-,13+,14+,15+/m0/s1/i4D,5D,6D. The van der Waals surface area contributed by atoms with Crippen molar-refractivity contribution in [1.82, 2.24) is 0 Å². The zero-order valence-electron chi connectivity index (χ0n) is 17.0. The van der Waals surface area contributed by atoms with Gasteiger partial charge in [-0.2, -0.15) is 0 Å². The van der Waals surface area contributed by atoms with E-state index in [1.54, 1.807) is 0 Å². The van der Waals surface area contributed by atoms with Crippen LogP contribution in [0.4, 0.5) is 0 Å². The van der Waals surface area contributed by atoms with E-state index in [-0.39, 0.29) is 13.2 Å². The van der Waals surface area contributed by atoms with E-state index in [9.17, 15) is 14.4 Å². The molecule has 0 fully saturated rings. The maximum absolute atomic E-state index is 11.6. The summed E-state index contributed by atoms with van der Waals surface area (Å²) in [6.07, 6.45) is -4.78. The molecule has 0 aliphatic rings. The van der Waals surface area contributed by atoms with Crippen LogP contribution in [0.2, 0.25) is 0 Å². The predicted octanol–water partition coefficient (Wildman–Crippen LogP) is 0.0893. The number of esters is 3. The zero-order chi connectivity index (χ0) is 20.8. The quantitative estimate of drug-likeness (QED) is 0.377. The Morgan fingerprint density at radius 2 is 1.46 bits per heavy atom. The van der Waals surface area contributed by atoms with Crippen LogP contribution in [0.3, 0.4) is 0 Å². The van der Waals surface area contributed by atoms with Crippen molar-refractivity contribution < 1.29 is 46.9 Å². The van der Waals surface area contributed by atoms with Gasteiger partial charge in [-0.15, -0.1) is 0 Å². The summed E-state index contributed by atoms with van der Waals surface area (Å²) in [6, 6.07) is 0. The minimum atomic E-state index is -1.30. The van der Waals surface area contributed by atoms with E-state index in [1.807, 2.05) is 0 Å². The Morgan fingerprint density at radius 3 is 1.96 bits per heavy atom. The van der Waals surface area contributed by atoms with Crippen molar-refractivity contribution in [3.05, 3.63) is 0 Å². The zero-order valence-corrected chi connectivity index (χ0v) is 14.0. The molecule has 0 saturated heterocycles. The molecular formula is C15H26O9. The fourth-order valence-corrected chi connectivity index (χ4v) is 1.92. The smallest absolute Gasteiger partial charge is 0.303 e. The predicted molar refractivity (Wildman–Crippen MR) is 81.2 cm³/mol. The second-order valence-electron chi connectivity index (χ2n) is 4.73. The molecule has 0 aliphatic carbocycles. The third kappa shape index (κ3) is 8.23. The van der Waals surface area contributed by atoms with E-state index >= 15 is 0 Å². The Labute approximate surface area is 145 Å². The molecule has 0 amide bonds. The molecule has 0 heterocycles. The highest BCUT2D eigenvalue weighted by Crippen LogP contribution is 2.18. The molecule has 0 aromatic rings. The summed E-state index contributed by atoms with van der Waals surface area (Å²) in [5.41, 5.74) is 0. The van der Waals surface area contributed by atoms with Crippen LogP contribution < -0.4 is 0 Å². The topological polar surface area (TPSA) is 107 Å². The highest BCUT2D eigenvalue weighted by molar-refractivity contribution is 5.67.